The molecule has 1 aromatic carbocycles. The van der Waals surface area contributed by atoms with Gasteiger partial charge in [-0.1, -0.05) is 31.5 Å². The lowest BCUT2D eigenvalue weighted by Gasteiger charge is -2.30. The molecule has 0 radical (unpaired) electrons. The van der Waals surface area contributed by atoms with E-state index in [4.69, 9.17) is 0 Å². The van der Waals surface area contributed by atoms with Gasteiger partial charge in [0.1, 0.15) is 0 Å². The van der Waals surface area contributed by atoms with Crippen molar-refractivity contribution in [2.45, 2.75) is 51.3 Å². The predicted octanol–water partition coefficient (Wildman–Crippen LogP) is 2.93. The second kappa shape index (κ2) is 9.28. The SMILES string of the molecule is CCC(/C=N\NC(=O)[C@H]1CCCN(S(=O)(=O)c2ccc(C)cc2)C1)CC. The van der Waals surface area contributed by atoms with Crippen LogP contribution in [0.15, 0.2) is 34.3 Å². The number of rotatable bonds is 7. The maximum Gasteiger partial charge on any atom is 0.244 e. The largest absolute Gasteiger partial charge is 0.273 e. The van der Waals surface area contributed by atoms with Crippen LogP contribution in [0.4, 0.5) is 0 Å². The highest BCUT2D eigenvalue weighted by atomic mass is 32.2. The van der Waals surface area contributed by atoms with Gasteiger partial charge in [-0.25, -0.2) is 13.8 Å². The van der Waals surface area contributed by atoms with Gasteiger partial charge in [0.2, 0.25) is 15.9 Å². The van der Waals surface area contributed by atoms with E-state index in [1.807, 2.05) is 6.92 Å². The molecule has 1 saturated heterocycles. The van der Waals surface area contributed by atoms with Crippen molar-refractivity contribution in [3.8, 4) is 0 Å². The average molecular weight is 380 g/mol. The van der Waals surface area contributed by atoms with Crippen LogP contribution in [-0.4, -0.2) is 37.9 Å². The first-order valence-corrected chi connectivity index (χ1v) is 10.7. The van der Waals surface area contributed by atoms with E-state index >= 15 is 0 Å². The van der Waals surface area contributed by atoms with Crippen LogP contribution in [0.1, 0.15) is 45.1 Å². The number of hydrogen-bond acceptors (Lipinski definition) is 4. The molecule has 1 amide bonds. The van der Waals surface area contributed by atoms with Crippen LogP contribution in [0, 0.1) is 18.8 Å². The normalized spacial score (nSPS) is 19.2. The topological polar surface area (TPSA) is 78.8 Å². The van der Waals surface area contributed by atoms with Gasteiger partial charge in [0.05, 0.1) is 10.8 Å². The number of nitrogens with zero attached hydrogens (tertiary/aromatic N) is 2. The summed E-state index contributed by atoms with van der Waals surface area (Å²) in [5.74, 6) is -0.237. The maximum absolute atomic E-state index is 12.8. The molecule has 1 fully saturated rings. The molecule has 144 valence electrons. The van der Waals surface area contributed by atoms with E-state index in [1.165, 1.54) is 4.31 Å². The number of hydrogen-bond donors (Lipinski definition) is 1. The lowest BCUT2D eigenvalue weighted by Crippen LogP contribution is -2.44. The highest BCUT2D eigenvalue weighted by molar-refractivity contribution is 7.89. The van der Waals surface area contributed by atoms with Gasteiger partial charge < -0.3 is 0 Å². The van der Waals surface area contributed by atoms with Crippen molar-refractivity contribution in [2.24, 2.45) is 16.9 Å². The van der Waals surface area contributed by atoms with Gasteiger partial charge in [0.25, 0.3) is 0 Å². The molecule has 1 atom stereocenters. The van der Waals surface area contributed by atoms with Crippen molar-refractivity contribution < 1.29 is 13.2 Å². The van der Waals surface area contributed by atoms with Gasteiger partial charge in [-0.3, -0.25) is 4.79 Å². The zero-order valence-electron chi connectivity index (χ0n) is 15.8. The summed E-state index contributed by atoms with van der Waals surface area (Å²) < 4.78 is 27.0. The van der Waals surface area contributed by atoms with Crippen LogP contribution in [0.3, 0.4) is 0 Å². The van der Waals surface area contributed by atoms with Gasteiger partial charge in [-0.2, -0.15) is 9.41 Å². The fourth-order valence-electron chi connectivity index (χ4n) is 3.03. The second-order valence-electron chi connectivity index (χ2n) is 6.85. The van der Waals surface area contributed by atoms with E-state index in [0.29, 0.717) is 25.3 Å². The van der Waals surface area contributed by atoms with E-state index in [2.05, 4.69) is 24.4 Å². The number of nitrogens with one attached hydrogen (secondary N) is 1. The first kappa shape index (κ1) is 20.6. The molecule has 26 heavy (non-hydrogen) atoms. The van der Waals surface area contributed by atoms with Crippen LogP contribution in [0.2, 0.25) is 0 Å². The quantitative estimate of drug-likeness (QED) is 0.584. The number of benzene rings is 1. The standard InChI is InChI=1S/C19H29N3O3S/c1-4-16(5-2)13-20-21-19(23)17-7-6-12-22(14-17)26(24,25)18-10-8-15(3)9-11-18/h8-11,13,16-17H,4-7,12,14H2,1-3H3,(H,21,23)/b20-13-/t17-/m0/s1. The first-order chi connectivity index (χ1) is 12.4. The van der Waals surface area contributed by atoms with E-state index in [-0.39, 0.29) is 23.3 Å². The number of aryl methyl sites for hydroxylation is 1. The van der Waals surface area contributed by atoms with Crippen molar-refractivity contribution in [1.82, 2.24) is 9.73 Å². The Balaban J connectivity index is 2.02. The van der Waals surface area contributed by atoms with Crippen LogP contribution in [0.5, 0.6) is 0 Å². The molecule has 1 N–H and O–H groups in total. The third-order valence-electron chi connectivity index (χ3n) is 4.92. The fraction of sp³-hybridized carbons (Fsp3) is 0.579. The van der Waals surface area contributed by atoms with Crippen molar-refractivity contribution in [3.05, 3.63) is 29.8 Å². The van der Waals surface area contributed by atoms with E-state index in [1.54, 1.807) is 30.5 Å². The number of hydrazone groups is 1. The first-order valence-electron chi connectivity index (χ1n) is 9.28. The van der Waals surface area contributed by atoms with E-state index in [0.717, 1.165) is 18.4 Å². The Morgan fingerprint density at radius 1 is 1.31 bits per heavy atom. The molecule has 1 heterocycles. The third kappa shape index (κ3) is 5.14. The molecule has 1 aliphatic rings. The molecule has 0 bridgehead atoms. The van der Waals surface area contributed by atoms with Crippen LogP contribution < -0.4 is 5.43 Å². The second-order valence-corrected chi connectivity index (χ2v) is 8.78. The lowest BCUT2D eigenvalue weighted by atomic mass is 9.99. The van der Waals surface area contributed by atoms with Gasteiger partial charge in [0.15, 0.2) is 0 Å². The van der Waals surface area contributed by atoms with Crippen molar-refractivity contribution >= 4 is 22.1 Å². The Morgan fingerprint density at radius 3 is 2.58 bits per heavy atom. The summed E-state index contributed by atoms with van der Waals surface area (Å²) in [4.78, 5) is 12.6. The molecule has 0 unspecified atom stereocenters. The van der Waals surface area contributed by atoms with Gasteiger partial charge in [-0.15, -0.1) is 0 Å². The van der Waals surface area contributed by atoms with Gasteiger partial charge in [0, 0.05) is 19.3 Å². The zero-order chi connectivity index (χ0) is 19.2. The Bertz CT molecular complexity index is 725. The summed E-state index contributed by atoms with van der Waals surface area (Å²) in [6.45, 7) is 6.72. The van der Waals surface area contributed by atoms with Gasteiger partial charge in [-0.05, 0) is 50.7 Å². The molecule has 1 aromatic rings. The smallest absolute Gasteiger partial charge is 0.244 e. The minimum absolute atomic E-state index is 0.197. The Morgan fingerprint density at radius 2 is 1.96 bits per heavy atom. The summed E-state index contributed by atoms with van der Waals surface area (Å²) >= 11 is 0. The third-order valence-corrected chi connectivity index (χ3v) is 6.80. The summed E-state index contributed by atoms with van der Waals surface area (Å²) in [7, 11) is -3.57. The number of carbonyl (C=O) groups is 1. The van der Waals surface area contributed by atoms with Crippen molar-refractivity contribution in [3.63, 3.8) is 0 Å². The number of amides is 1. The number of piperidine rings is 1. The van der Waals surface area contributed by atoms with Gasteiger partial charge >= 0.3 is 0 Å². The van der Waals surface area contributed by atoms with Crippen molar-refractivity contribution in [1.29, 1.82) is 0 Å². The minimum atomic E-state index is -3.57. The predicted molar refractivity (Wildman–Crippen MR) is 103 cm³/mol. The average Bonchev–Trinajstić information content (AvgIpc) is 2.65. The molecule has 1 aliphatic heterocycles. The molecule has 2 rings (SSSR count). The zero-order valence-corrected chi connectivity index (χ0v) is 16.6. The molecule has 0 saturated carbocycles. The molecule has 0 spiro atoms. The monoisotopic (exact) mass is 379 g/mol. The highest BCUT2D eigenvalue weighted by Crippen LogP contribution is 2.24. The maximum atomic E-state index is 12.8. The highest BCUT2D eigenvalue weighted by Gasteiger charge is 2.33. The summed E-state index contributed by atoms with van der Waals surface area (Å²) in [6.07, 6.45) is 5.05. The van der Waals surface area contributed by atoms with E-state index < -0.39 is 10.0 Å². The molecule has 0 aromatic heterocycles. The molecule has 6 nitrogen and oxygen atoms in total. The Hall–Kier alpha value is -1.73. The van der Waals surface area contributed by atoms with Crippen LogP contribution >= 0.6 is 0 Å². The molecule has 0 aliphatic carbocycles. The Labute approximate surface area is 156 Å². The number of carbonyl (C=O) groups excluding carboxylic acids is 1. The molecule has 7 heteroatoms. The van der Waals surface area contributed by atoms with Crippen molar-refractivity contribution in [2.75, 3.05) is 13.1 Å². The number of sulfonamides is 1. The fourth-order valence-corrected chi connectivity index (χ4v) is 4.55. The molecular weight excluding hydrogens is 350 g/mol. The lowest BCUT2D eigenvalue weighted by molar-refractivity contribution is -0.126. The van der Waals surface area contributed by atoms with E-state index in [9.17, 15) is 13.2 Å². The summed E-state index contributed by atoms with van der Waals surface area (Å²) in [6, 6.07) is 6.81. The summed E-state index contributed by atoms with van der Waals surface area (Å²) in [5, 5.41) is 4.05. The minimum Gasteiger partial charge on any atom is -0.273 e. The van der Waals surface area contributed by atoms with Crippen LogP contribution in [-0.2, 0) is 14.8 Å². The Kier molecular flexibility index (Phi) is 7.34. The summed E-state index contributed by atoms with van der Waals surface area (Å²) in [5.41, 5.74) is 3.59. The molecular formula is C19H29N3O3S. The van der Waals surface area contributed by atoms with Crippen LogP contribution in [0.25, 0.3) is 0 Å².